The third kappa shape index (κ3) is 3.78. The zero-order chi connectivity index (χ0) is 17.7. The van der Waals surface area contributed by atoms with Crippen molar-refractivity contribution in [3.05, 3.63) is 59.7 Å². The van der Waals surface area contributed by atoms with Crippen LogP contribution in [-0.2, 0) is 10.0 Å². The Labute approximate surface area is 144 Å². The molecule has 1 atom stereocenters. The second-order valence-electron chi connectivity index (χ2n) is 5.52. The van der Waals surface area contributed by atoms with Gasteiger partial charge in [-0.15, -0.1) is 6.42 Å². The van der Waals surface area contributed by atoms with Crippen LogP contribution in [-0.4, -0.2) is 26.4 Å². The summed E-state index contributed by atoms with van der Waals surface area (Å²) in [5.74, 6) is 3.17. The summed E-state index contributed by atoms with van der Waals surface area (Å²) < 4.78 is 32.4. The molecule has 2 rings (SSSR count). The minimum absolute atomic E-state index is 0.00338. The molecule has 0 aromatic heterocycles. The van der Waals surface area contributed by atoms with E-state index in [1.165, 1.54) is 4.31 Å². The monoisotopic (exact) mass is 343 g/mol. The molecule has 0 radical (unpaired) electrons. The summed E-state index contributed by atoms with van der Waals surface area (Å²) in [5, 5.41) is 0. The molecule has 2 aromatic carbocycles. The standard InChI is InChI=1S/C19H21NO3S/c1-5-14-20(16(3)17-8-10-18(23-4)11-9-17)24(21,22)19-12-6-15(2)7-13-19/h1,6-13,16H,14H2,2-4H3. The van der Waals surface area contributed by atoms with Gasteiger partial charge < -0.3 is 4.74 Å². The fourth-order valence-electron chi connectivity index (χ4n) is 2.41. The molecule has 0 amide bonds. The SMILES string of the molecule is C#CCN(C(C)c1ccc(OC)cc1)S(=O)(=O)c1ccc(C)cc1. The number of aryl methyl sites for hydroxylation is 1. The van der Waals surface area contributed by atoms with Gasteiger partial charge in [-0.3, -0.25) is 0 Å². The Kier molecular flexibility index (Phi) is 5.66. The molecule has 0 saturated carbocycles. The Morgan fingerprint density at radius 2 is 1.71 bits per heavy atom. The summed E-state index contributed by atoms with van der Waals surface area (Å²) in [6.45, 7) is 3.74. The quantitative estimate of drug-likeness (QED) is 0.755. The smallest absolute Gasteiger partial charge is 0.244 e. The van der Waals surface area contributed by atoms with Crippen LogP contribution in [0.2, 0.25) is 0 Å². The van der Waals surface area contributed by atoms with Crippen LogP contribution in [0.5, 0.6) is 5.75 Å². The van der Waals surface area contributed by atoms with E-state index < -0.39 is 16.1 Å². The van der Waals surface area contributed by atoms with Crippen molar-refractivity contribution < 1.29 is 13.2 Å². The summed E-state index contributed by atoms with van der Waals surface area (Å²) in [6.07, 6.45) is 5.41. The summed E-state index contributed by atoms with van der Waals surface area (Å²) in [5.41, 5.74) is 1.85. The van der Waals surface area contributed by atoms with Crippen molar-refractivity contribution in [1.29, 1.82) is 0 Å². The number of benzene rings is 2. The highest BCUT2D eigenvalue weighted by molar-refractivity contribution is 7.89. The van der Waals surface area contributed by atoms with Crippen LogP contribution in [0.25, 0.3) is 0 Å². The number of sulfonamides is 1. The van der Waals surface area contributed by atoms with Gasteiger partial charge in [-0.25, -0.2) is 8.42 Å². The average Bonchev–Trinajstić information content (AvgIpc) is 2.59. The Bertz CT molecular complexity index is 818. The predicted octanol–water partition coefficient (Wildman–Crippen LogP) is 3.39. The van der Waals surface area contributed by atoms with Crippen molar-refractivity contribution in [2.75, 3.05) is 13.7 Å². The minimum atomic E-state index is -3.68. The minimum Gasteiger partial charge on any atom is -0.497 e. The molecule has 4 nitrogen and oxygen atoms in total. The summed E-state index contributed by atoms with van der Waals surface area (Å²) in [7, 11) is -2.10. The Morgan fingerprint density at radius 1 is 1.12 bits per heavy atom. The molecular weight excluding hydrogens is 322 g/mol. The molecule has 0 N–H and O–H groups in total. The van der Waals surface area contributed by atoms with Gasteiger partial charge in [0.05, 0.1) is 18.6 Å². The predicted molar refractivity (Wildman–Crippen MR) is 95.3 cm³/mol. The zero-order valence-electron chi connectivity index (χ0n) is 14.1. The second kappa shape index (κ2) is 7.52. The Hall–Kier alpha value is -2.29. The van der Waals surface area contributed by atoms with Crippen molar-refractivity contribution >= 4 is 10.0 Å². The van der Waals surface area contributed by atoms with Gasteiger partial charge >= 0.3 is 0 Å². The fraction of sp³-hybridized carbons (Fsp3) is 0.263. The topological polar surface area (TPSA) is 46.6 Å². The Morgan fingerprint density at radius 3 is 2.21 bits per heavy atom. The van der Waals surface area contributed by atoms with Crippen LogP contribution >= 0.6 is 0 Å². The maximum absolute atomic E-state index is 13.0. The first-order valence-electron chi connectivity index (χ1n) is 7.56. The second-order valence-corrected chi connectivity index (χ2v) is 7.41. The van der Waals surface area contributed by atoms with Crippen LogP contribution in [0.15, 0.2) is 53.4 Å². The van der Waals surface area contributed by atoms with E-state index in [2.05, 4.69) is 5.92 Å². The van der Waals surface area contributed by atoms with Crippen molar-refractivity contribution in [3.8, 4) is 18.1 Å². The molecule has 2 aromatic rings. The normalized spacial score (nSPS) is 12.6. The lowest BCUT2D eigenvalue weighted by molar-refractivity contribution is 0.373. The van der Waals surface area contributed by atoms with E-state index in [4.69, 9.17) is 11.2 Å². The third-order valence-corrected chi connectivity index (χ3v) is 5.84. The number of methoxy groups -OCH3 is 1. The van der Waals surface area contributed by atoms with E-state index in [0.717, 1.165) is 16.9 Å². The number of hydrogen-bond acceptors (Lipinski definition) is 3. The number of rotatable bonds is 6. The van der Waals surface area contributed by atoms with Crippen molar-refractivity contribution in [2.24, 2.45) is 0 Å². The largest absolute Gasteiger partial charge is 0.497 e. The summed E-state index contributed by atoms with van der Waals surface area (Å²) in [4.78, 5) is 0.240. The van der Waals surface area contributed by atoms with E-state index in [0.29, 0.717) is 0 Å². The first kappa shape index (κ1) is 18.1. The van der Waals surface area contributed by atoms with Gasteiger partial charge in [-0.2, -0.15) is 4.31 Å². The highest BCUT2D eigenvalue weighted by Gasteiger charge is 2.29. The van der Waals surface area contributed by atoms with Crippen molar-refractivity contribution in [2.45, 2.75) is 24.8 Å². The van der Waals surface area contributed by atoms with Crippen molar-refractivity contribution in [3.63, 3.8) is 0 Å². The van der Waals surface area contributed by atoms with E-state index in [-0.39, 0.29) is 11.4 Å². The van der Waals surface area contributed by atoms with Crippen LogP contribution in [0, 0.1) is 19.3 Å². The highest BCUT2D eigenvalue weighted by Crippen LogP contribution is 2.28. The van der Waals surface area contributed by atoms with Crippen LogP contribution in [0.1, 0.15) is 24.1 Å². The molecule has 126 valence electrons. The molecule has 0 aliphatic heterocycles. The van der Waals surface area contributed by atoms with Gasteiger partial charge in [0.15, 0.2) is 0 Å². The van der Waals surface area contributed by atoms with Gasteiger partial charge in [-0.1, -0.05) is 35.7 Å². The van der Waals surface area contributed by atoms with Gasteiger partial charge in [0.25, 0.3) is 0 Å². The van der Waals surface area contributed by atoms with Gasteiger partial charge in [0, 0.05) is 6.04 Å². The molecular formula is C19H21NO3S. The fourth-order valence-corrected chi connectivity index (χ4v) is 3.95. The zero-order valence-corrected chi connectivity index (χ0v) is 14.9. The van der Waals surface area contributed by atoms with Crippen LogP contribution < -0.4 is 4.74 Å². The van der Waals surface area contributed by atoms with Crippen molar-refractivity contribution in [1.82, 2.24) is 4.31 Å². The number of terminal acetylenes is 1. The number of nitrogens with zero attached hydrogens (tertiary/aromatic N) is 1. The van der Waals surface area contributed by atoms with Gasteiger partial charge in [-0.05, 0) is 43.7 Å². The van der Waals surface area contributed by atoms with Gasteiger partial charge in [0.2, 0.25) is 10.0 Å². The van der Waals surface area contributed by atoms with Gasteiger partial charge in [0.1, 0.15) is 5.75 Å². The Balaban J connectivity index is 2.39. The molecule has 0 heterocycles. The molecule has 1 unspecified atom stereocenters. The average molecular weight is 343 g/mol. The molecule has 0 saturated heterocycles. The summed E-state index contributed by atoms with van der Waals surface area (Å²) in [6, 6.07) is 13.7. The lowest BCUT2D eigenvalue weighted by atomic mass is 10.1. The maximum Gasteiger partial charge on any atom is 0.244 e. The molecule has 0 aliphatic rings. The van der Waals surface area contributed by atoms with Crippen LogP contribution in [0.4, 0.5) is 0 Å². The molecule has 5 heteroatoms. The number of hydrogen-bond donors (Lipinski definition) is 0. The molecule has 0 aliphatic carbocycles. The maximum atomic E-state index is 13.0. The lowest BCUT2D eigenvalue weighted by Gasteiger charge is -2.27. The summed E-state index contributed by atoms with van der Waals surface area (Å²) >= 11 is 0. The van der Waals surface area contributed by atoms with E-state index >= 15 is 0 Å². The molecule has 24 heavy (non-hydrogen) atoms. The highest BCUT2D eigenvalue weighted by atomic mass is 32.2. The van der Waals surface area contributed by atoms with E-state index in [9.17, 15) is 8.42 Å². The first-order valence-corrected chi connectivity index (χ1v) is 9.00. The molecule has 0 spiro atoms. The van der Waals surface area contributed by atoms with E-state index in [1.807, 2.05) is 26.0 Å². The molecule has 0 bridgehead atoms. The lowest BCUT2D eigenvalue weighted by Crippen LogP contribution is -2.34. The van der Waals surface area contributed by atoms with E-state index in [1.54, 1.807) is 43.5 Å². The number of ether oxygens (including phenoxy) is 1. The van der Waals surface area contributed by atoms with Crippen LogP contribution in [0.3, 0.4) is 0 Å². The first-order chi connectivity index (χ1) is 11.4. The molecule has 0 fully saturated rings. The third-order valence-electron chi connectivity index (χ3n) is 3.90.